The topological polar surface area (TPSA) is 79.1 Å². The Morgan fingerprint density at radius 3 is 2.61 bits per heavy atom. The summed E-state index contributed by atoms with van der Waals surface area (Å²) in [5, 5.41) is 20.5. The second-order valence-corrected chi connectivity index (χ2v) is 6.90. The molecule has 0 spiro atoms. The lowest BCUT2D eigenvalue weighted by molar-refractivity contribution is -0.137. The molecule has 5 nitrogen and oxygen atoms in total. The fourth-order valence-corrected chi connectivity index (χ4v) is 2.90. The van der Waals surface area contributed by atoms with Gasteiger partial charge < -0.3 is 14.9 Å². The van der Waals surface area contributed by atoms with Crippen LogP contribution in [0.1, 0.15) is 24.2 Å². The molecule has 8 heteroatoms. The third kappa shape index (κ3) is 5.59. The van der Waals surface area contributed by atoms with Gasteiger partial charge in [-0.2, -0.15) is 0 Å². The number of esters is 1. The Morgan fingerprint density at radius 1 is 1.29 bits per heavy atom. The highest BCUT2D eigenvalue weighted by Crippen LogP contribution is 2.24. The summed E-state index contributed by atoms with van der Waals surface area (Å²) >= 11 is 1.76. The molecule has 0 amide bonds. The quantitative estimate of drug-likeness (QED) is 0.149. The zero-order valence-electron chi connectivity index (χ0n) is 14.9. The Kier molecular flexibility index (Phi) is 8.06. The smallest absolute Gasteiger partial charge is 0.343 e. The van der Waals surface area contributed by atoms with E-state index in [0.717, 1.165) is 12.3 Å². The molecule has 1 unspecified atom stereocenters. The van der Waals surface area contributed by atoms with Crippen molar-refractivity contribution in [3.05, 3.63) is 74.4 Å². The average Bonchev–Trinajstić information content (AvgIpc) is 2.68. The summed E-state index contributed by atoms with van der Waals surface area (Å²) in [6.07, 6.45) is 0.0475. The minimum Gasteiger partial charge on any atom is -0.506 e. The molecule has 0 heterocycles. The van der Waals surface area contributed by atoms with Crippen molar-refractivity contribution in [1.29, 1.82) is 0 Å². The molecule has 0 radical (unpaired) electrons. The minimum absolute atomic E-state index is 0.0132. The van der Waals surface area contributed by atoms with Crippen LogP contribution in [-0.4, -0.2) is 35.5 Å². The molecule has 0 saturated heterocycles. The number of carbonyl (C=O) groups excluding carboxylic acids is 1. The van der Waals surface area contributed by atoms with Gasteiger partial charge in [0.25, 0.3) is 0 Å². The van der Waals surface area contributed by atoms with E-state index in [9.17, 15) is 23.8 Å². The molecule has 148 valence electrons. The SMILES string of the molecule is CCOC(=O)C(C=NCC(O)c1ccccc1)=C(O)c1cc(I)cc(F)c1F. The maximum Gasteiger partial charge on any atom is 0.343 e. The molecule has 0 aliphatic carbocycles. The maximum absolute atomic E-state index is 14.1. The number of halogens is 3. The Bertz CT molecular complexity index is 901. The van der Waals surface area contributed by atoms with Gasteiger partial charge in [-0.05, 0) is 47.2 Å². The van der Waals surface area contributed by atoms with Gasteiger partial charge in [0.2, 0.25) is 0 Å². The van der Waals surface area contributed by atoms with Crippen molar-refractivity contribution in [1.82, 2.24) is 0 Å². The molecule has 2 rings (SSSR count). The van der Waals surface area contributed by atoms with Gasteiger partial charge in [0.1, 0.15) is 11.3 Å². The normalized spacial score (nSPS) is 13.3. The van der Waals surface area contributed by atoms with E-state index in [4.69, 9.17) is 4.74 Å². The Hall–Kier alpha value is -2.33. The molecule has 28 heavy (non-hydrogen) atoms. The number of hydrogen-bond acceptors (Lipinski definition) is 5. The molecule has 0 bridgehead atoms. The van der Waals surface area contributed by atoms with Crippen LogP contribution >= 0.6 is 22.6 Å². The number of aliphatic hydroxyl groups excluding tert-OH is 2. The van der Waals surface area contributed by atoms with Crippen molar-refractivity contribution in [3.8, 4) is 0 Å². The van der Waals surface area contributed by atoms with E-state index in [1.54, 1.807) is 59.8 Å². The molecule has 2 N–H and O–H groups in total. The van der Waals surface area contributed by atoms with Crippen molar-refractivity contribution >= 4 is 40.5 Å². The molecule has 0 aliphatic heterocycles. The number of rotatable bonds is 7. The van der Waals surface area contributed by atoms with Crippen LogP contribution in [0.25, 0.3) is 5.76 Å². The molecule has 0 saturated carbocycles. The van der Waals surface area contributed by atoms with Gasteiger partial charge in [0.15, 0.2) is 11.6 Å². The Balaban J connectivity index is 2.36. The minimum atomic E-state index is -1.29. The van der Waals surface area contributed by atoms with E-state index < -0.39 is 40.6 Å². The molecular weight excluding hydrogens is 483 g/mol. The molecule has 2 aromatic rings. The molecule has 2 aromatic carbocycles. The summed E-state index contributed by atoms with van der Waals surface area (Å²) in [6.45, 7) is 1.47. The van der Waals surface area contributed by atoms with Crippen LogP contribution in [0.4, 0.5) is 8.78 Å². The van der Waals surface area contributed by atoms with Crippen molar-refractivity contribution < 1.29 is 28.5 Å². The molecule has 0 aromatic heterocycles. The van der Waals surface area contributed by atoms with Crippen LogP contribution in [-0.2, 0) is 9.53 Å². The number of benzene rings is 2. The number of nitrogens with zero attached hydrogens (tertiary/aromatic N) is 1. The molecule has 1 atom stereocenters. The predicted molar refractivity (Wildman–Crippen MR) is 110 cm³/mol. The van der Waals surface area contributed by atoms with Crippen LogP contribution in [0.2, 0.25) is 0 Å². The van der Waals surface area contributed by atoms with E-state index in [1.807, 2.05) is 0 Å². The number of carbonyl (C=O) groups is 1. The van der Waals surface area contributed by atoms with Crippen molar-refractivity contribution in [3.63, 3.8) is 0 Å². The van der Waals surface area contributed by atoms with Crippen molar-refractivity contribution in [2.24, 2.45) is 4.99 Å². The first kappa shape index (κ1) is 22.0. The van der Waals surface area contributed by atoms with Crippen LogP contribution in [0.5, 0.6) is 0 Å². The number of aliphatic imine (C=N–C) groups is 1. The van der Waals surface area contributed by atoms with Crippen molar-refractivity contribution in [2.45, 2.75) is 13.0 Å². The third-order valence-electron chi connectivity index (χ3n) is 3.68. The summed E-state index contributed by atoms with van der Waals surface area (Å²) in [5.74, 6) is -4.20. The summed E-state index contributed by atoms with van der Waals surface area (Å²) < 4.78 is 33.0. The lowest BCUT2D eigenvalue weighted by Crippen LogP contribution is -2.13. The second-order valence-electron chi connectivity index (χ2n) is 5.65. The molecule has 0 aliphatic rings. The predicted octanol–water partition coefficient (Wildman–Crippen LogP) is 4.21. The first-order valence-corrected chi connectivity index (χ1v) is 9.41. The van der Waals surface area contributed by atoms with Gasteiger partial charge in [-0.3, -0.25) is 4.99 Å². The van der Waals surface area contributed by atoms with E-state index in [1.165, 1.54) is 6.07 Å². The van der Waals surface area contributed by atoms with E-state index in [0.29, 0.717) is 9.13 Å². The largest absolute Gasteiger partial charge is 0.506 e. The summed E-state index contributed by atoms with van der Waals surface area (Å²) in [6, 6.07) is 10.9. The highest BCUT2D eigenvalue weighted by molar-refractivity contribution is 14.1. The highest BCUT2D eigenvalue weighted by Gasteiger charge is 2.21. The zero-order chi connectivity index (χ0) is 20.7. The number of ether oxygens (including phenoxy) is 1. The van der Waals surface area contributed by atoms with Crippen LogP contribution in [0.15, 0.2) is 53.0 Å². The van der Waals surface area contributed by atoms with Gasteiger partial charge in [-0.1, -0.05) is 30.3 Å². The van der Waals surface area contributed by atoms with Gasteiger partial charge in [-0.25, -0.2) is 13.6 Å². The standard InChI is InChI=1S/C20H18F2INO4/c1-2-28-20(27)15(10-24-11-17(25)12-6-4-3-5-7-12)19(26)14-8-13(23)9-16(21)18(14)22/h3-10,17,25-26H,2,11H2,1H3. The van der Waals surface area contributed by atoms with Crippen molar-refractivity contribution in [2.75, 3.05) is 13.2 Å². The number of hydrogen-bond donors (Lipinski definition) is 2. The summed E-state index contributed by atoms with van der Waals surface area (Å²) in [7, 11) is 0. The lowest BCUT2D eigenvalue weighted by atomic mass is 10.1. The second kappa shape index (κ2) is 10.3. The van der Waals surface area contributed by atoms with Gasteiger partial charge in [0, 0.05) is 9.78 Å². The summed E-state index contributed by atoms with van der Waals surface area (Å²) in [4.78, 5) is 16.1. The average molecular weight is 501 g/mol. The maximum atomic E-state index is 14.1. The van der Waals surface area contributed by atoms with Crippen LogP contribution < -0.4 is 0 Å². The highest BCUT2D eigenvalue weighted by atomic mass is 127. The first-order chi connectivity index (χ1) is 13.3. The fourth-order valence-electron chi connectivity index (χ4n) is 2.32. The Morgan fingerprint density at radius 2 is 1.96 bits per heavy atom. The number of aliphatic hydroxyl groups is 2. The first-order valence-electron chi connectivity index (χ1n) is 8.33. The lowest BCUT2D eigenvalue weighted by Gasteiger charge is -2.10. The van der Waals surface area contributed by atoms with E-state index in [2.05, 4.69) is 4.99 Å². The molecule has 0 fully saturated rings. The fraction of sp³-hybridized carbons (Fsp3) is 0.200. The Labute approximate surface area is 174 Å². The zero-order valence-corrected chi connectivity index (χ0v) is 17.1. The summed E-state index contributed by atoms with van der Waals surface area (Å²) in [5.41, 5.74) is -0.304. The van der Waals surface area contributed by atoms with Crippen LogP contribution in [0, 0.1) is 15.2 Å². The van der Waals surface area contributed by atoms with E-state index in [-0.39, 0.29) is 13.2 Å². The van der Waals surface area contributed by atoms with Gasteiger partial charge in [-0.15, -0.1) is 0 Å². The molecular formula is C20H18F2INO4. The third-order valence-corrected chi connectivity index (χ3v) is 4.30. The van der Waals surface area contributed by atoms with Gasteiger partial charge in [0.05, 0.1) is 24.8 Å². The van der Waals surface area contributed by atoms with Gasteiger partial charge >= 0.3 is 5.97 Å². The van der Waals surface area contributed by atoms with Crippen LogP contribution in [0.3, 0.4) is 0 Å². The monoisotopic (exact) mass is 501 g/mol. The van der Waals surface area contributed by atoms with E-state index >= 15 is 0 Å².